The SMILES string of the molecule is C=C(C)CN(CC)C(=O)CCOc1ccccc1N. The van der Waals surface area contributed by atoms with Crippen LogP contribution in [0.1, 0.15) is 20.3 Å². The van der Waals surface area contributed by atoms with Crippen LogP contribution in [0.5, 0.6) is 5.75 Å². The van der Waals surface area contributed by atoms with Gasteiger partial charge in [-0.2, -0.15) is 0 Å². The lowest BCUT2D eigenvalue weighted by Gasteiger charge is -2.21. The molecular formula is C15H22N2O2. The fourth-order valence-corrected chi connectivity index (χ4v) is 1.72. The third-order valence-corrected chi connectivity index (χ3v) is 2.69. The molecule has 1 rings (SSSR count). The van der Waals surface area contributed by atoms with E-state index in [4.69, 9.17) is 10.5 Å². The minimum Gasteiger partial charge on any atom is -0.491 e. The Labute approximate surface area is 114 Å². The van der Waals surface area contributed by atoms with Crippen molar-refractivity contribution in [3.63, 3.8) is 0 Å². The van der Waals surface area contributed by atoms with Crippen LogP contribution in [-0.4, -0.2) is 30.5 Å². The van der Waals surface area contributed by atoms with Crippen molar-refractivity contribution in [2.24, 2.45) is 0 Å². The topological polar surface area (TPSA) is 55.6 Å². The van der Waals surface area contributed by atoms with E-state index in [0.717, 1.165) is 5.57 Å². The lowest BCUT2D eigenvalue weighted by atomic mass is 10.3. The van der Waals surface area contributed by atoms with Crippen LogP contribution in [-0.2, 0) is 4.79 Å². The van der Waals surface area contributed by atoms with Crippen molar-refractivity contribution in [3.8, 4) is 5.75 Å². The monoisotopic (exact) mass is 262 g/mol. The first kappa shape index (κ1) is 15.1. The summed E-state index contributed by atoms with van der Waals surface area (Å²) in [7, 11) is 0. The highest BCUT2D eigenvalue weighted by Crippen LogP contribution is 2.19. The number of rotatable bonds is 7. The molecular weight excluding hydrogens is 240 g/mol. The number of anilines is 1. The largest absolute Gasteiger partial charge is 0.491 e. The highest BCUT2D eigenvalue weighted by molar-refractivity contribution is 5.76. The zero-order valence-electron chi connectivity index (χ0n) is 11.7. The van der Waals surface area contributed by atoms with E-state index in [1.165, 1.54) is 0 Å². The van der Waals surface area contributed by atoms with Crippen LogP contribution in [0.4, 0.5) is 5.69 Å². The van der Waals surface area contributed by atoms with E-state index in [2.05, 4.69) is 6.58 Å². The molecule has 0 aromatic heterocycles. The van der Waals surface area contributed by atoms with Gasteiger partial charge in [0.25, 0.3) is 0 Å². The van der Waals surface area contributed by atoms with Crippen molar-refractivity contribution in [3.05, 3.63) is 36.4 Å². The maximum atomic E-state index is 12.0. The summed E-state index contributed by atoms with van der Waals surface area (Å²) in [5, 5.41) is 0. The summed E-state index contributed by atoms with van der Waals surface area (Å²) in [6, 6.07) is 7.27. The average Bonchev–Trinajstić information content (AvgIpc) is 2.37. The van der Waals surface area contributed by atoms with Gasteiger partial charge in [-0.1, -0.05) is 24.3 Å². The number of nitrogens with zero attached hydrogens (tertiary/aromatic N) is 1. The van der Waals surface area contributed by atoms with Crippen molar-refractivity contribution < 1.29 is 9.53 Å². The van der Waals surface area contributed by atoms with Gasteiger partial charge in [0, 0.05) is 13.1 Å². The molecule has 19 heavy (non-hydrogen) atoms. The van der Waals surface area contributed by atoms with Crippen LogP contribution < -0.4 is 10.5 Å². The van der Waals surface area contributed by atoms with Gasteiger partial charge in [0.2, 0.25) is 5.91 Å². The molecule has 0 heterocycles. The predicted octanol–water partition coefficient (Wildman–Crippen LogP) is 2.46. The number of amides is 1. The van der Waals surface area contributed by atoms with Gasteiger partial charge in [-0.3, -0.25) is 4.79 Å². The second kappa shape index (κ2) is 7.46. The van der Waals surface area contributed by atoms with E-state index in [1.807, 2.05) is 26.0 Å². The first-order valence-corrected chi connectivity index (χ1v) is 6.44. The summed E-state index contributed by atoms with van der Waals surface area (Å²) in [5.41, 5.74) is 7.32. The van der Waals surface area contributed by atoms with Gasteiger partial charge in [0.1, 0.15) is 5.75 Å². The highest BCUT2D eigenvalue weighted by Gasteiger charge is 2.11. The molecule has 0 aliphatic heterocycles. The fourth-order valence-electron chi connectivity index (χ4n) is 1.72. The average molecular weight is 262 g/mol. The molecule has 1 aromatic rings. The van der Waals surface area contributed by atoms with Crippen molar-refractivity contribution in [1.82, 2.24) is 4.90 Å². The Kier molecular flexibility index (Phi) is 5.93. The summed E-state index contributed by atoms with van der Waals surface area (Å²) < 4.78 is 5.51. The molecule has 0 saturated carbocycles. The smallest absolute Gasteiger partial charge is 0.226 e. The Morgan fingerprint density at radius 2 is 2.11 bits per heavy atom. The van der Waals surface area contributed by atoms with Gasteiger partial charge < -0.3 is 15.4 Å². The van der Waals surface area contributed by atoms with Gasteiger partial charge >= 0.3 is 0 Å². The number of benzene rings is 1. The molecule has 0 bridgehead atoms. The highest BCUT2D eigenvalue weighted by atomic mass is 16.5. The van der Waals surface area contributed by atoms with Crippen molar-refractivity contribution in [2.45, 2.75) is 20.3 Å². The Morgan fingerprint density at radius 1 is 1.42 bits per heavy atom. The predicted molar refractivity (Wildman–Crippen MR) is 78.0 cm³/mol. The fraction of sp³-hybridized carbons (Fsp3) is 0.400. The Morgan fingerprint density at radius 3 is 2.68 bits per heavy atom. The van der Waals surface area contributed by atoms with Crippen LogP contribution in [0, 0.1) is 0 Å². The van der Waals surface area contributed by atoms with Crippen molar-refractivity contribution in [1.29, 1.82) is 0 Å². The van der Waals surface area contributed by atoms with Crippen LogP contribution in [0.3, 0.4) is 0 Å². The molecule has 0 saturated heterocycles. The molecule has 4 heteroatoms. The minimum atomic E-state index is 0.0694. The van der Waals surface area contributed by atoms with Crippen LogP contribution in [0.15, 0.2) is 36.4 Å². The molecule has 0 spiro atoms. The molecule has 2 N–H and O–H groups in total. The lowest BCUT2D eigenvalue weighted by Crippen LogP contribution is -2.33. The van der Waals surface area contributed by atoms with Crippen molar-refractivity contribution in [2.75, 3.05) is 25.4 Å². The zero-order valence-corrected chi connectivity index (χ0v) is 11.7. The number of likely N-dealkylation sites (N-methyl/N-ethyl adjacent to an activating group) is 1. The number of nitrogens with two attached hydrogens (primary N) is 1. The maximum absolute atomic E-state index is 12.0. The normalized spacial score (nSPS) is 10.0. The lowest BCUT2D eigenvalue weighted by molar-refractivity contribution is -0.131. The third kappa shape index (κ3) is 5.04. The van der Waals surface area contributed by atoms with Gasteiger partial charge in [-0.25, -0.2) is 0 Å². The number of carbonyl (C=O) groups is 1. The first-order valence-electron chi connectivity index (χ1n) is 6.44. The van der Waals surface area contributed by atoms with Gasteiger partial charge in [0.05, 0.1) is 18.7 Å². The molecule has 0 radical (unpaired) electrons. The standard InChI is InChI=1S/C15H22N2O2/c1-4-17(11-12(2)3)15(18)9-10-19-14-8-6-5-7-13(14)16/h5-8H,2,4,9-11,16H2,1,3H3. The second-order valence-corrected chi connectivity index (χ2v) is 4.50. The molecule has 1 amide bonds. The summed E-state index contributed by atoms with van der Waals surface area (Å²) >= 11 is 0. The molecule has 0 atom stereocenters. The number of ether oxygens (including phenoxy) is 1. The van der Waals surface area contributed by atoms with Crippen molar-refractivity contribution >= 4 is 11.6 Å². The van der Waals surface area contributed by atoms with Gasteiger partial charge in [-0.05, 0) is 26.0 Å². The molecule has 0 aliphatic carbocycles. The van der Waals surface area contributed by atoms with E-state index in [9.17, 15) is 4.79 Å². The second-order valence-electron chi connectivity index (χ2n) is 4.50. The molecule has 104 valence electrons. The number of hydrogen-bond acceptors (Lipinski definition) is 3. The van der Waals surface area contributed by atoms with E-state index in [1.54, 1.807) is 17.0 Å². The summed E-state index contributed by atoms with van der Waals surface area (Å²) in [4.78, 5) is 13.7. The van der Waals surface area contributed by atoms with Gasteiger partial charge in [-0.15, -0.1) is 0 Å². The molecule has 1 aromatic carbocycles. The zero-order chi connectivity index (χ0) is 14.3. The Bertz CT molecular complexity index is 444. The quantitative estimate of drug-likeness (QED) is 0.606. The van der Waals surface area contributed by atoms with Crippen LogP contribution in [0.25, 0.3) is 0 Å². The van der Waals surface area contributed by atoms with E-state index in [-0.39, 0.29) is 5.91 Å². The maximum Gasteiger partial charge on any atom is 0.226 e. The Balaban J connectivity index is 2.42. The van der Waals surface area contributed by atoms with Gasteiger partial charge in [0.15, 0.2) is 0 Å². The first-order chi connectivity index (χ1) is 9.04. The number of nitrogen functional groups attached to an aromatic ring is 1. The van der Waals surface area contributed by atoms with Crippen LogP contribution >= 0.6 is 0 Å². The number of carbonyl (C=O) groups excluding carboxylic acids is 1. The Hall–Kier alpha value is -1.97. The van der Waals surface area contributed by atoms with E-state index >= 15 is 0 Å². The third-order valence-electron chi connectivity index (χ3n) is 2.69. The molecule has 0 aliphatic rings. The van der Waals surface area contributed by atoms with Crippen LogP contribution in [0.2, 0.25) is 0 Å². The summed E-state index contributed by atoms with van der Waals surface area (Å²) in [6.45, 7) is 9.30. The summed E-state index contributed by atoms with van der Waals surface area (Å²) in [6.07, 6.45) is 0.343. The molecule has 4 nitrogen and oxygen atoms in total. The number of para-hydroxylation sites is 2. The molecule has 0 unspecified atom stereocenters. The minimum absolute atomic E-state index is 0.0694. The molecule has 0 fully saturated rings. The van der Waals surface area contributed by atoms with E-state index < -0.39 is 0 Å². The van der Waals surface area contributed by atoms with E-state index in [0.29, 0.717) is 37.6 Å². The summed E-state index contributed by atoms with van der Waals surface area (Å²) in [5.74, 6) is 0.693. The number of hydrogen-bond donors (Lipinski definition) is 1.